The van der Waals surface area contributed by atoms with Crippen LogP contribution in [0.5, 0.6) is 0 Å². The van der Waals surface area contributed by atoms with Crippen molar-refractivity contribution < 1.29 is 4.79 Å². The van der Waals surface area contributed by atoms with Gasteiger partial charge in [0.1, 0.15) is 5.84 Å². The molecule has 6 rings (SSSR count). The number of rotatable bonds is 6. The van der Waals surface area contributed by atoms with Crippen molar-refractivity contribution in [3.8, 4) is 22.4 Å². The largest absolute Gasteiger partial charge is 0.392 e. The molecule has 0 fully saturated rings. The van der Waals surface area contributed by atoms with Crippen molar-refractivity contribution in [2.75, 3.05) is 11.9 Å². The molecule has 2 aromatic carbocycles. The topological polar surface area (TPSA) is 141 Å². The van der Waals surface area contributed by atoms with Crippen LogP contribution in [0.25, 0.3) is 33.3 Å². The van der Waals surface area contributed by atoms with E-state index in [-0.39, 0.29) is 11.9 Å². The summed E-state index contributed by atoms with van der Waals surface area (Å²) in [7, 11) is 1.82. The van der Waals surface area contributed by atoms with Gasteiger partial charge in [0.05, 0.1) is 35.2 Å². The van der Waals surface area contributed by atoms with E-state index in [9.17, 15) is 4.79 Å². The molecule has 0 saturated carbocycles. The van der Waals surface area contributed by atoms with Gasteiger partial charge in [-0.2, -0.15) is 10.1 Å². The number of nitrogens with one attached hydrogen (secondary N) is 3. The van der Waals surface area contributed by atoms with E-state index in [0.717, 1.165) is 55.8 Å². The molecule has 10 nitrogen and oxygen atoms in total. The summed E-state index contributed by atoms with van der Waals surface area (Å²) in [4.78, 5) is 32.4. The summed E-state index contributed by atoms with van der Waals surface area (Å²) < 4.78 is 0. The lowest BCUT2D eigenvalue weighted by Gasteiger charge is -2.17. The van der Waals surface area contributed by atoms with Crippen LogP contribution in [0.1, 0.15) is 28.4 Å². The molecule has 0 spiro atoms. The van der Waals surface area contributed by atoms with Gasteiger partial charge in [0, 0.05) is 47.8 Å². The molecule has 0 radical (unpaired) electrons. The predicted molar refractivity (Wildman–Crippen MR) is 153 cm³/mol. The maximum atomic E-state index is 13.8. The number of aliphatic imine (C=N–C) groups is 1. The van der Waals surface area contributed by atoms with Gasteiger partial charge in [0.25, 0.3) is 11.9 Å². The zero-order valence-corrected chi connectivity index (χ0v) is 21.8. The van der Waals surface area contributed by atoms with Crippen LogP contribution in [-0.2, 0) is 6.54 Å². The Morgan fingerprint density at radius 3 is 2.79 bits per heavy atom. The van der Waals surface area contributed by atoms with E-state index < -0.39 is 0 Å². The Labute approximate surface area is 224 Å². The van der Waals surface area contributed by atoms with Gasteiger partial charge in [0.2, 0.25) is 0 Å². The highest BCUT2D eigenvalue weighted by molar-refractivity contribution is 6.17. The number of amides is 1. The summed E-state index contributed by atoms with van der Waals surface area (Å²) in [6.45, 7) is 4.34. The standard InChI is InChI=1S/C29H27N9O/c1-16-11-33-29(36-24(30)10-17(2)31-3)37-26(16)22-14-32-27-21(22)8-5-9-23(27)38-15-18-6-4-7-20(25(18)28(38)39)19-12-34-35-13-19/h4-14,31-32H,15H2,1-3H3,(H,34,35)(H2,30,33,36,37)/b17-10-. The normalized spacial score (nSPS) is 13.8. The van der Waals surface area contributed by atoms with E-state index in [1.807, 2.05) is 68.4 Å². The SMILES string of the molecule is CN/C(C)=C\C(N)=N/c1ncc(C)c(-c2c[nH]c3c(N4Cc5cccc(-c6cn[nH]c6)c5C4=O)cccc23)n1. The molecule has 5 N–H and O–H groups in total. The molecular weight excluding hydrogens is 490 g/mol. The first-order valence-electron chi connectivity index (χ1n) is 12.5. The number of amidine groups is 1. The first-order valence-corrected chi connectivity index (χ1v) is 12.5. The van der Waals surface area contributed by atoms with Crippen molar-refractivity contribution in [1.82, 2.24) is 30.5 Å². The Hall–Kier alpha value is -5.25. The second-order valence-corrected chi connectivity index (χ2v) is 9.44. The molecule has 4 heterocycles. The summed E-state index contributed by atoms with van der Waals surface area (Å²) in [5.41, 5.74) is 14.6. The van der Waals surface area contributed by atoms with Gasteiger partial charge in [-0.1, -0.05) is 30.3 Å². The minimum absolute atomic E-state index is 0.0410. The monoisotopic (exact) mass is 517 g/mol. The smallest absolute Gasteiger partial charge is 0.259 e. The molecule has 1 amide bonds. The highest BCUT2D eigenvalue weighted by Crippen LogP contribution is 2.39. The van der Waals surface area contributed by atoms with E-state index in [1.54, 1.807) is 24.7 Å². The summed E-state index contributed by atoms with van der Waals surface area (Å²) in [6.07, 6.45) is 8.92. The molecule has 0 unspecified atom stereocenters. The number of para-hydroxylation sites is 1. The van der Waals surface area contributed by atoms with Crippen LogP contribution in [0, 0.1) is 6.92 Å². The van der Waals surface area contributed by atoms with E-state index in [2.05, 4.69) is 30.5 Å². The number of anilines is 1. The van der Waals surface area contributed by atoms with E-state index in [1.165, 1.54) is 0 Å². The fraction of sp³-hybridized carbons (Fsp3) is 0.138. The highest BCUT2D eigenvalue weighted by Gasteiger charge is 2.32. The number of carbonyl (C=O) groups is 1. The quantitative estimate of drug-likeness (QED) is 0.192. The predicted octanol–water partition coefficient (Wildman–Crippen LogP) is 4.60. The third-order valence-electron chi connectivity index (χ3n) is 6.93. The third kappa shape index (κ3) is 4.21. The summed E-state index contributed by atoms with van der Waals surface area (Å²) >= 11 is 0. The van der Waals surface area contributed by atoms with E-state index in [4.69, 9.17) is 10.7 Å². The van der Waals surface area contributed by atoms with Crippen molar-refractivity contribution >= 4 is 34.3 Å². The molecule has 194 valence electrons. The average molecular weight is 518 g/mol. The number of nitrogens with zero attached hydrogens (tertiary/aromatic N) is 5. The number of allylic oxidation sites excluding steroid dienone is 1. The Morgan fingerprint density at radius 2 is 2.00 bits per heavy atom. The maximum absolute atomic E-state index is 13.8. The molecule has 1 aliphatic heterocycles. The first kappa shape index (κ1) is 24.1. The van der Waals surface area contributed by atoms with Crippen LogP contribution in [-0.4, -0.2) is 43.9 Å². The average Bonchev–Trinajstić information content (AvgIpc) is 3.69. The molecule has 10 heteroatoms. The molecule has 0 bridgehead atoms. The van der Waals surface area contributed by atoms with Gasteiger partial charge < -0.3 is 20.9 Å². The number of hydrogen-bond donors (Lipinski definition) is 4. The molecule has 0 atom stereocenters. The fourth-order valence-electron chi connectivity index (χ4n) is 4.96. The van der Waals surface area contributed by atoms with E-state index in [0.29, 0.717) is 17.9 Å². The van der Waals surface area contributed by atoms with Crippen molar-refractivity contribution in [1.29, 1.82) is 0 Å². The van der Waals surface area contributed by atoms with Gasteiger partial charge in [-0.05, 0) is 42.7 Å². The Morgan fingerprint density at radius 1 is 1.15 bits per heavy atom. The summed E-state index contributed by atoms with van der Waals surface area (Å²) in [5.74, 6) is 0.538. The first-order chi connectivity index (χ1) is 18.9. The van der Waals surface area contributed by atoms with Crippen molar-refractivity contribution in [2.45, 2.75) is 20.4 Å². The van der Waals surface area contributed by atoms with Crippen LogP contribution in [0.4, 0.5) is 11.6 Å². The fourth-order valence-corrected chi connectivity index (χ4v) is 4.96. The minimum atomic E-state index is -0.0410. The third-order valence-corrected chi connectivity index (χ3v) is 6.93. The Kier molecular flexibility index (Phi) is 5.91. The summed E-state index contributed by atoms with van der Waals surface area (Å²) in [5, 5.41) is 10.9. The van der Waals surface area contributed by atoms with Crippen molar-refractivity contribution in [2.24, 2.45) is 10.7 Å². The Bertz CT molecular complexity index is 1780. The number of aryl methyl sites for hydroxylation is 1. The van der Waals surface area contributed by atoms with Crippen LogP contribution in [0.15, 0.2) is 78.0 Å². The second kappa shape index (κ2) is 9.56. The van der Waals surface area contributed by atoms with Gasteiger partial charge in [-0.25, -0.2) is 9.97 Å². The second-order valence-electron chi connectivity index (χ2n) is 9.44. The van der Waals surface area contributed by atoms with Gasteiger partial charge in [-0.3, -0.25) is 9.89 Å². The number of H-pyrrole nitrogens is 2. The number of nitrogens with two attached hydrogens (primary N) is 1. The van der Waals surface area contributed by atoms with Crippen molar-refractivity contribution in [3.05, 3.63) is 89.6 Å². The molecule has 5 aromatic rings. The molecular formula is C29H27N9O. The number of hydrogen-bond acceptors (Lipinski definition) is 6. The molecule has 1 aliphatic rings. The highest BCUT2D eigenvalue weighted by atomic mass is 16.2. The minimum Gasteiger partial charge on any atom is -0.392 e. The number of carbonyl (C=O) groups excluding carboxylic acids is 1. The van der Waals surface area contributed by atoms with Gasteiger partial charge in [-0.15, -0.1) is 0 Å². The van der Waals surface area contributed by atoms with Gasteiger partial charge in [0.15, 0.2) is 0 Å². The number of benzene rings is 2. The number of aromatic amines is 2. The maximum Gasteiger partial charge on any atom is 0.259 e. The number of fused-ring (bicyclic) bond motifs is 2. The lowest BCUT2D eigenvalue weighted by atomic mass is 9.99. The molecule has 39 heavy (non-hydrogen) atoms. The van der Waals surface area contributed by atoms with Crippen molar-refractivity contribution in [3.63, 3.8) is 0 Å². The number of aromatic nitrogens is 5. The van der Waals surface area contributed by atoms with E-state index >= 15 is 0 Å². The van der Waals surface area contributed by atoms with Crippen LogP contribution in [0.2, 0.25) is 0 Å². The van der Waals surface area contributed by atoms with Gasteiger partial charge >= 0.3 is 0 Å². The zero-order chi connectivity index (χ0) is 27.1. The zero-order valence-electron chi connectivity index (χ0n) is 21.8. The lowest BCUT2D eigenvalue weighted by Crippen LogP contribution is -2.23. The molecule has 3 aromatic heterocycles. The Balaban J connectivity index is 1.40. The molecule has 0 aliphatic carbocycles. The van der Waals surface area contributed by atoms with Crippen LogP contribution >= 0.6 is 0 Å². The lowest BCUT2D eigenvalue weighted by molar-refractivity contribution is 0.0997. The molecule has 0 saturated heterocycles. The van der Waals surface area contributed by atoms with Crippen LogP contribution in [0.3, 0.4) is 0 Å². The summed E-state index contributed by atoms with van der Waals surface area (Å²) in [6, 6.07) is 11.9. The van der Waals surface area contributed by atoms with Crippen LogP contribution < -0.4 is 16.0 Å².